The van der Waals surface area contributed by atoms with Gasteiger partial charge in [0.1, 0.15) is 17.0 Å². The van der Waals surface area contributed by atoms with Crippen molar-refractivity contribution in [1.82, 2.24) is 4.57 Å². The summed E-state index contributed by atoms with van der Waals surface area (Å²) in [4.78, 5) is 11.2. The highest BCUT2D eigenvalue weighted by Gasteiger charge is 2.58. The Morgan fingerprint density at radius 1 is 1.13 bits per heavy atom. The predicted molar refractivity (Wildman–Crippen MR) is 129 cm³/mol. The number of nitriles is 1. The summed E-state index contributed by atoms with van der Waals surface area (Å²) >= 11 is 0. The molecule has 2 atom stereocenters. The van der Waals surface area contributed by atoms with Crippen molar-refractivity contribution >= 4 is 11.6 Å². The van der Waals surface area contributed by atoms with E-state index in [9.17, 15) is 28.2 Å². The van der Waals surface area contributed by atoms with Crippen LogP contribution in [0.15, 0.2) is 54.6 Å². The van der Waals surface area contributed by atoms with Crippen molar-refractivity contribution in [1.29, 1.82) is 5.26 Å². The van der Waals surface area contributed by atoms with Gasteiger partial charge < -0.3 is 25.0 Å². The standard InChI is InChI=1S/C27H22F3N3O5/c1-15(34)32-17-4-7-19(8-5-17)37-12-11-26-10-9-25(2,38-26)21-22(26)24(36)33(23(21)35)18-6-3-16(14-31)20(13-18)27(28,29)30/h3-10,13,35-36H,11-12H2,1-2H3,(H,32,34). The highest BCUT2D eigenvalue weighted by molar-refractivity contribution is 5.88. The normalized spacial score (nSPS) is 21.3. The number of carbonyl (C=O) groups is 1. The van der Waals surface area contributed by atoms with Gasteiger partial charge in [0.25, 0.3) is 0 Å². The number of rotatable bonds is 6. The van der Waals surface area contributed by atoms with E-state index >= 15 is 0 Å². The zero-order valence-corrected chi connectivity index (χ0v) is 20.3. The first-order chi connectivity index (χ1) is 17.9. The van der Waals surface area contributed by atoms with E-state index in [1.165, 1.54) is 19.1 Å². The first kappa shape index (κ1) is 25.2. The van der Waals surface area contributed by atoms with Gasteiger partial charge in [-0.3, -0.25) is 9.36 Å². The number of amides is 1. The quantitative estimate of drug-likeness (QED) is 0.380. The van der Waals surface area contributed by atoms with Crippen molar-refractivity contribution in [2.75, 3.05) is 11.9 Å². The van der Waals surface area contributed by atoms with Crippen LogP contribution in [-0.2, 0) is 26.9 Å². The van der Waals surface area contributed by atoms with E-state index in [1.54, 1.807) is 43.3 Å². The van der Waals surface area contributed by atoms with Crippen LogP contribution in [0.3, 0.4) is 0 Å². The largest absolute Gasteiger partial charge is 0.494 e. The highest BCUT2D eigenvalue weighted by atomic mass is 19.4. The van der Waals surface area contributed by atoms with Crippen LogP contribution in [-0.4, -0.2) is 27.3 Å². The van der Waals surface area contributed by atoms with Gasteiger partial charge in [0.2, 0.25) is 17.7 Å². The second-order valence-electron chi connectivity index (χ2n) is 9.31. The van der Waals surface area contributed by atoms with E-state index in [1.807, 2.05) is 0 Å². The minimum Gasteiger partial charge on any atom is -0.494 e. The Morgan fingerprint density at radius 2 is 1.82 bits per heavy atom. The van der Waals surface area contributed by atoms with Gasteiger partial charge in [0, 0.05) is 19.0 Å². The smallest absolute Gasteiger partial charge is 0.417 e. The molecule has 1 amide bonds. The van der Waals surface area contributed by atoms with Crippen molar-refractivity contribution in [3.63, 3.8) is 0 Å². The molecule has 11 heteroatoms. The summed E-state index contributed by atoms with van der Waals surface area (Å²) in [5.74, 6) is -0.601. The minimum absolute atomic E-state index is 0.139. The van der Waals surface area contributed by atoms with E-state index in [2.05, 4.69) is 5.32 Å². The van der Waals surface area contributed by atoms with Gasteiger partial charge in [0.05, 0.1) is 40.6 Å². The Kier molecular flexibility index (Phi) is 5.69. The molecule has 2 unspecified atom stereocenters. The third-order valence-corrected chi connectivity index (χ3v) is 6.71. The average Bonchev–Trinajstić information content (AvgIpc) is 3.43. The SMILES string of the molecule is CC(=O)Nc1ccc(OCCC23C=CC(C)(O2)c2c3c(O)n(-c3ccc(C#N)c(C(F)(F)F)c3)c2O)cc1. The molecule has 0 saturated heterocycles. The number of anilines is 1. The molecule has 3 N–H and O–H groups in total. The molecule has 0 saturated carbocycles. The summed E-state index contributed by atoms with van der Waals surface area (Å²) in [7, 11) is 0. The summed E-state index contributed by atoms with van der Waals surface area (Å²) in [5, 5.41) is 34.0. The van der Waals surface area contributed by atoms with Crippen molar-refractivity contribution in [3.05, 3.63) is 76.9 Å². The second-order valence-corrected chi connectivity index (χ2v) is 9.31. The number of nitrogens with zero attached hydrogens (tertiary/aromatic N) is 2. The highest BCUT2D eigenvalue weighted by Crippen LogP contribution is 2.62. The third-order valence-electron chi connectivity index (χ3n) is 6.71. The molecule has 5 rings (SSSR count). The Labute approximate surface area is 215 Å². The van der Waals surface area contributed by atoms with Crippen LogP contribution < -0.4 is 10.1 Å². The van der Waals surface area contributed by atoms with E-state index in [-0.39, 0.29) is 35.7 Å². The molecule has 3 aromatic rings. The van der Waals surface area contributed by atoms with Crippen LogP contribution >= 0.6 is 0 Å². The average molecular weight is 525 g/mol. The summed E-state index contributed by atoms with van der Waals surface area (Å²) < 4.78 is 53.7. The van der Waals surface area contributed by atoms with E-state index < -0.39 is 40.3 Å². The molecular weight excluding hydrogens is 503 g/mol. The van der Waals surface area contributed by atoms with Gasteiger partial charge in [-0.2, -0.15) is 18.4 Å². The molecule has 0 fully saturated rings. The van der Waals surface area contributed by atoms with E-state index in [0.717, 1.165) is 10.6 Å². The number of hydrogen-bond acceptors (Lipinski definition) is 6. The fourth-order valence-corrected chi connectivity index (χ4v) is 5.09. The molecule has 0 radical (unpaired) electrons. The van der Waals surface area contributed by atoms with Gasteiger partial charge in [-0.05, 0) is 61.5 Å². The number of aromatic nitrogens is 1. The van der Waals surface area contributed by atoms with Crippen LogP contribution in [0.5, 0.6) is 17.5 Å². The van der Waals surface area contributed by atoms with Crippen LogP contribution in [0, 0.1) is 11.3 Å². The first-order valence-electron chi connectivity index (χ1n) is 11.6. The lowest BCUT2D eigenvalue weighted by Gasteiger charge is -2.25. The van der Waals surface area contributed by atoms with Crippen molar-refractivity contribution in [3.8, 4) is 29.3 Å². The van der Waals surface area contributed by atoms with Gasteiger partial charge in [0.15, 0.2) is 0 Å². The number of hydrogen-bond donors (Lipinski definition) is 3. The Bertz CT molecular complexity index is 1520. The number of carbonyl (C=O) groups excluding carboxylic acids is 1. The van der Waals surface area contributed by atoms with Crippen molar-refractivity contribution in [2.24, 2.45) is 0 Å². The third kappa shape index (κ3) is 3.94. The van der Waals surface area contributed by atoms with E-state index in [0.29, 0.717) is 17.5 Å². The lowest BCUT2D eigenvalue weighted by Crippen LogP contribution is -2.25. The summed E-state index contributed by atoms with van der Waals surface area (Å²) in [6.07, 6.45) is -1.13. The number of aromatic hydroxyl groups is 2. The number of nitrogens with one attached hydrogen (secondary N) is 1. The molecule has 2 bridgehead atoms. The fraction of sp³-hybridized carbons (Fsp3) is 0.259. The second kappa shape index (κ2) is 8.56. The number of fused-ring (bicyclic) bond motifs is 5. The maximum atomic E-state index is 13.6. The summed E-state index contributed by atoms with van der Waals surface area (Å²) in [6.45, 7) is 3.22. The molecule has 8 nitrogen and oxygen atoms in total. The Hall–Kier alpha value is -4.43. The first-order valence-corrected chi connectivity index (χ1v) is 11.6. The van der Waals surface area contributed by atoms with Crippen LogP contribution in [0.25, 0.3) is 5.69 Å². The minimum atomic E-state index is -4.81. The number of benzene rings is 2. The molecule has 1 aromatic heterocycles. The van der Waals surface area contributed by atoms with Gasteiger partial charge in [-0.1, -0.05) is 0 Å². The number of ether oxygens (including phenoxy) is 2. The maximum absolute atomic E-state index is 13.6. The molecule has 0 aliphatic carbocycles. The van der Waals surface area contributed by atoms with E-state index in [4.69, 9.17) is 14.7 Å². The van der Waals surface area contributed by atoms with Crippen molar-refractivity contribution in [2.45, 2.75) is 37.6 Å². The fourth-order valence-electron chi connectivity index (χ4n) is 5.09. The maximum Gasteiger partial charge on any atom is 0.417 e. The van der Waals surface area contributed by atoms with Crippen LogP contribution in [0.1, 0.15) is 42.5 Å². The van der Waals surface area contributed by atoms with Crippen LogP contribution in [0.4, 0.5) is 18.9 Å². The molecule has 2 aliphatic rings. The zero-order valence-electron chi connectivity index (χ0n) is 20.3. The molecule has 3 heterocycles. The lowest BCUT2D eigenvalue weighted by atomic mass is 9.83. The molecule has 2 aromatic carbocycles. The molecule has 0 spiro atoms. The molecular formula is C27H22F3N3O5. The Morgan fingerprint density at radius 3 is 2.45 bits per heavy atom. The Balaban J connectivity index is 1.46. The van der Waals surface area contributed by atoms with Crippen LogP contribution in [0.2, 0.25) is 0 Å². The summed E-state index contributed by atoms with van der Waals surface area (Å²) in [5.41, 5.74) is -3.13. The van der Waals surface area contributed by atoms with Gasteiger partial charge in [-0.25, -0.2) is 0 Å². The molecule has 38 heavy (non-hydrogen) atoms. The van der Waals surface area contributed by atoms with Gasteiger partial charge >= 0.3 is 6.18 Å². The van der Waals surface area contributed by atoms with Gasteiger partial charge in [-0.15, -0.1) is 0 Å². The monoisotopic (exact) mass is 525 g/mol. The number of halogens is 3. The topological polar surface area (TPSA) is 117 Å². The molecule has 2 aliphatic heterocycles. The molecule has 196 valence electrons. The number of alkyl halides is 3. The predicted octanol–water partition coefficient (Wildman–Crippen LogP) is 5.22. The van der Waals surface area contributed by atoms with Crippen molar-refractivity contribution < 1.29 is 37.7 Å². The lowest BCUT2D eigenvalue weighted by molar-refractivity contribution is -0.137. The summed E-state index contributed by atoms with van der Waals surface area (Å²) in [6, 6.07) is 11.2. The zero-order chi connectivity index (χ0) is 27.5.